The van der Waals surface area contributed by atoms with E-state index in [0.717, 1.165) is 0 Å². The van der Waals surface area contributed by atoms with Crippen molar-refractivity contribution in [3.8, 4) is 0 Å². The molecule has 0 atom stereocenters. The van der Waals surface area contributed by atoms with Gasteiger partial charge in [-0.2, -0.15) is 5.10 Å². The van der Waals surface area contributed by atoms with Crippen LogP contribution in [0.25, 0.3) is 0 Å². The molecule has 1 aromatic rings. The van der Waals surface area contributed by atoms with Crippen LogP contribution in [0.1, 0.15) is 46.0 Å². The molecule has 0 N–H and O–H groups in total. The maximum atomic E-state index is 3.83. The van der Waals surface area contributed by atoms with E-state index in [-0.39, 0.29) is 12.4 Å². The summed E-state index contributed by atoms with van der Waals surface area (Å²) in [7, 11) is 1.89. The van der Waals surface area contributed by atoms with E-state index in [9.17, 15) is 0 Å². The Bertz CT molecular complexity index is 169. The van der Waals surface area contributed by atoms with Crippen molar-refractivity contribution in [2.45, 2.75) is 46.0 Å². The summed E-state index contributed by atoms with van der Waals surface area (Å²) in [5, 5.41) is 3.83. The van der Waals surface area contributed by atoms with Gasteiger partial charge in [0.15, 0.2) is 0 Å². The molecular formula is C11H23ClN2. The third kappa shape index (κ3) is 11.5. The Morgan fingerprint density at radius 2 is 1.64 bits per heavy atom. The van der Waals surface area contributed by atoms with Crippen LogP contribution >= 0.6 is 12.4 Å². The van der Waals surface area contributed by atoms with Crippen LogP contribution in [0.4, 0.5) is 0 Å². The van der Waals surface area contributed by atoms with Crippen LogP contribution in [0.2, 0.25) is 0 Å². The smallest absolute Gasteiger partial charge is 0.0489 e. The maximum Gasteiger partial charge on any atom is 0.0489 e. The molecule has 1 heterocycles. The molecule has 0 aromatic carbocycles. The van der Waals surface area contributed by atoms with Gasteiger partial charge in [-0.1, -0.05) is 46.0 Å². The summed E-state index contributed by atoms with van der Waals surface area (Å²) in [4.78, 5) is 0. The Labute approximate surface area is 94.1 Å². The average molecular weight is 219 g/mol. The van der Waals surface area contributed by atoms with Gasteiger partial charge >= 0.3 is 0 Å². The standard InChI is InChI=1S/C7H16.C4H6N2.ClH/c1-3-5-7-6-4-2;1-6-4-2-3-5-6;/h3-7H2,1-2H3;2-4H,1H3;1H. The second-order valence-electron chi connectivity index (χ2n) is 3.24. The molecule has 2 nitrogen and oxygen atoms in total. The highest BCUT2D eigenvalue weighted by atomic mass is 35.5. The Morgan fingerprint density at radius 3 is 1.86 bits per heavy atom. The van der Waals surface area contributed by atoms with Crippen molar-refractivity contribution in [2.75, 3.05) is 0 Å². The minimum absolute atomic E-state index is 0. The van der Waals surface area contributed by atoms with E-state index in [1.165, 1.54) is 32.1 Å². The van der Waals surface area contributed by atoms with E-state index in [4.69, 9.17) is 0 Å². The summed E-state index contributed by atoms with van der Waals surface area (Å²) in [6.07, 6.45) is 10.6. The molecule has 0 saturated heterocycles. The van der Waals surface area contributed by atoms with E-state index in [0.29, 0.717) is 0 Å². The maximum absolute atomic E-state index is 3.83. The van der Waals surface area contributed by atoms with Gasteiger partial charge in [-0.15, -0.1) is 12.4 Å². The molecule has 0 saturated carbocycles. The summed E-state index contributed by atoms with van der Waals surface area (Å²) in [5.41, 5.74) is 0. The van der Waals surface area contributed by atoms with Gasteiger partial charge < -0.3 is 0 Å². The van der Waals surface area contributed by atoms with Gasteiger partial charge in [-0.3, -0.25) is 4.68 Å². The molecular weight excluding hydrogens is 196 g/mol. The molecule has 0 fully saturated rings. The first kappa shape index (κ1) is 15.9. The van der Waals surface area contributed by atoms with Crippen molar-refractivity contribution in [1.82, 2.24) is 9.78 Å². The second-order valence-corrected chi connectivity index (χ2v) is 3.24. The Morgan fingerprint density at radius 1 is 1.07 bits per heavy atom. The number of unbranched alkanes of at least 4 members (excludes halogenated alkanes) is 4. The monoisotopic (exact) mass is 218 g/mol. The SMILES string of the molecule is CCCCCCC.Cl.Cn1cccn1. The van der Waals surface area contributed by atoms with Gasteiger partial charge in [0.25, 0.3) is 0 Å². The molecule has 1 aromatic heterocycles. The highest BCUT2D eigenvalue weighted by Gasteiger charge is 1.80. The van der Waals surface area contributed by atoms with E-state index in [2.05, 4.69) is 18.9 Å². The van der Waals surface area contributed by atoms with Gasteiger partial charge in [0.2, 0.25) is 0 Å². The van der Waals surface area contributed by atoms with Crippen LogP contribution in [-0.4, -0.2) is 9.78 Å². The van der Waals surface area contributed by atoms with Crippen LogP contribution in [0, 0.1) is 0 Å². The van der Waals surface area contributed by atoms with Crippen molar-refractivity contribution >= 4 is 12.4 Å². The van der Waals surface area contributed by atoms with Gasteiger partial charge in [-0.05, 0) is 6.07 Å². The van der Waals surface area contributed by atoms with E-state index < -0.39 is 0 Å². The molecule has 0 spiro atoms. The first-order valence-electron chi connectivity index (χ1n) is 5.24. The third-order valence-corrected chi connectivity index (χ3v) is 1.84. The van der Waals surface area contributed by atoms with Crippen molar-refractivity contribution in [3.63, 3.8) is 0 Å². The fourth-order valence-electron chi connectivity index (χ4n) is 1.02. The fraction of sp³-hybridized carbons (Fsp3) is 0.727. The van der Waals surface area contributed by atoms with Crippen molar-refractivity contribution in [2.24, 2.45) is 7.05 Å². The predicted molar refractivity (Wildman–Crippen MR) is 64.9 cm³/mol. The number of halogens is 1. The Hall–Kier alpha value is -0.500. The third-order valence-electron chi connectivity index (χ3n) is 1.84. The van der Waals surface area contributed by atoms with Gasteiger partial charge in [0, 0.05) is 19.4 Å². The lowest BCUT2D eigenvalue weighted by Gasteiger charge is -1.90. The van der Waals surface area contributed by atoms with Crippen LogP contribution in [0.3, 0.4) is 0 Å². The molecule has 0 amide bonds. The first-order chi connectivity index (χ1) is 6.31. The Balaban J connectivity index is 0. The fourth-order valence-corrected chi connectivity index (χ4v) is 1.02. The number of rotatable bonds is 4. The molecule has 3 heteroatoms. The molecule has 14 heavy (non-hydrogen) atoms. The van der Waals surface area contributed by atoms with E-state index >= 15 is 0 Å². The zero-order chi connectivity index (χ0) is 9.94. The van der Waals surface area contributed by atoms with Crippen LogP contribution < -0.4 is 0 Å². The van der Waals surface area contributed by atoms with Crippen LogP contribution in [-0.2, 0) is 7.05 Å². The molecule has 0 bridgehead atoms. The summed E-state index contributed by atoms with van der Waals surface area (Å²) < 4.78 is 1.75. The van der Waals surface area contributed by atoms with Gasteiger partial charge in [0.05, 0.1) is 0 Å². The van der Waals surface area contributed by atoms with Crippen molar-refractivity contribution in [3.05, 3.63) is 18.5 Å². The second kappa shape index (κ2) is 12.5. The van der Waals surface area contributed by atoms with Crippen LogP contribution in [0.5, 0.6) is 0 Å². The quantitative estimate of drug-likeness (QED) is 0.703. The Kier molecular flexibility index (Phi) is 14.2. The van der Waals surface area contributed by atoms with Gasteiger partial charge in [-0.25, -0.2) is 0 Å². The summed E-state index contributed by atoms with van der Waals surface area (Å²) in [6, 6.07) is 1.89. The molecule has 0 aliphatic heterocycles. The molecule has 0 aliphatic carbocycles. The average Bonchev–Trinajstić information content (AvgIpc) is 2.58. The normalized spacial score (nSPS) is 8.50. The molecule has 0 unspecified atom stereocenters. The van der Waals surface area contributed by atoms with Crippen molar-refractivity contribution in [1.29, 1.82) is 0 Å². The van der Waals surface area contributed by atoms with E-state index in [1.54, 1.807) is 10.9 Å². The number of aromatic nitrogens is 2. The zero-order valence-electron chi connectivity index (χ0n) is 9.57. The summed E-state index contributed by atoms with van der Waals surface area (Å²) >= 11 is 0. The highest BCUT2D eigenvalue weighted by molar-refractivity contribution is 5.85. The number of aryl methyl sites for hydroxylation is 1. The topological polar surface area (TPSA) is 17.8 Å². The molecule has 1 rings (SSSR count). The largest absolute Gasteiger partial charge is 0.276 e. The number of nitrogens with zero attached hydrogens (tertiary/aromatic N) is 2. The van der Waals surface area contributed by atoms with Crippen molar-refractivity contribution < 1.29 is 0 Å². The summed E-state index contributed by atoms with van der Waals surface area (Å²) in [5.74, 6) is 0. The molecule has 0 radical (unpaired) electrons. The minimum atomic E-state index is 0. The van der Waals surface area contributed by atoms with Gasteiger partial charge in [0.1, 0.15) is 0 Å². The summed E-state index contributed by atoms with van der Waals surface area (Å²) in [6.45, 7) is 4.49. The number of hydrogen-bond donors (Lipinski definition) is 0. The number of hydrogen-bond acceptors (Lipinski definition) is 1. The lowest BCUT2D eigenvalue weighted by Crippen LogP contribution is -1.83. The highest BCUT2D eigenvalue weighted by Crippen LogP contribution is 2.00. The lowest BCUT2D eigenvalue weighted by atomic mass is 10.2. The zero-order valence-corrected chi connectivity index (χ0v) is 10.4. The molecule has 0 aliphatic rings. The van der Waals surface area contributed by atoms with Crippen LogP contribution in [0.15, 0.2) is 18.5 Å². The lowest BCUT2D eigenvalue weighted by molar-refractivity contribution is 0.656. The van der Waals surface area contributed by atoms with E-state index in [1.807, 2.05) is 19.3 Å². The molecule has 84 valence electrons. The first-order valence-corrected chi connectivity index (χ1v) is 5.24. The predicted octanol–water partition coefficient (Wildman–Crippen LogP) is 3.82. The minimum Gasteiger partial charge on any atom is -0.276 e.